The van der Waals surface area contributed by atoms with Crippen molar-refractivity contribution >= 4 is 5.91 Å². The summed E-state index contributed by atoms with van der Waals surface area (Å²) in [4.78, 5) is 12.4. The lowest BCUT2D eigenvalue weighted by Gasteiger charge is -2.26. The summed E-state index contributed by atoms with van der Waals surface area (Å²) in [5.74, 6) is -0.108. The monoisotopic (exact) mass is 316 g/mol. The Labute approximate surface area is 135 Å². The minimum absolute atomic E-state index is 0.108. The first-order valence-corrected chi connectivity index (χ1v) is 8.08. The van der Waals surface area contributed by atoms with Crippen molar-refractivity contribution in [3.8, 4) is 11.3 Å². The fourth-order valence-corrected chi connectivity index (χ4v) is 3.24. The van der Waals surface area contributed by atoms with E-state index in [0.717, 1.165) is 48.3 Å². The van der Waals surface area contributed by atoms with E-state index < -0.39 is 0 Å². The summed E-state index contributed by atoms with van der Waals surface area (Å²) >= 11 is 0. The highest BCUT2D eigenvalue weighted by Crippen LogP contribution is 2.25. The molecule has 23 heavy (non-hydrogen) atoms. The zero-order chi connectivity index (χ0) is 16.6. The highest BCUT2D eigenvalue weighted by molar-refractivity contribution is 5.93. The second kappa shape index (κ2) is 6.16. The number of carbonyl (C=O) groups is 1. The van der Waals surface area contributed by atoms with E-state index >= 15 is 0 Å². The van der Waals surface area contributed by atoms with Gasteiger partial charge in [-0.15, -0.1) is 0 Å². The number of aryl methyl sites for hydroxylation is 2. The Morgan fingerprint density at radius 3 is 2.65 bits per heavy atom. The number of rotatable bonds is 3. The molecule has 2 aromatic rings. The SMILES string of the molecule is Cc1nn(C)c(C)c1-c1cc(C(=O)NC2CCC(N)CC2)[nH]n1. The van der Waals surface area contributed by atoms with Gasteiger partial charge in [-0.05, 0) is 45.6 Å². The Kier molecular flexibility index (Phi) is 4.21. The maximum atomic E-state index is 12.4. The number of hydrogen-bond donors (Lipinski definition) is 3. The Balaban J connectivity index is 1.72. The molecular formula is C16H24N6O. The van der Waals surface area contributed by atoms with Crippen LogP contribution in [0.15, 0.2) is 6.07 Å². The first-order chi connectivity index (χ1) is 11.0. The standard InChI is InChI=1S/C16H24N6O/c1-9-15(10(2)22(3)21-9)13-8-14(20-19-13)16(23)18-12-6-4-11(17)5-7-12/h8,11-12H,4-7,17H2,1-3H3,(H,18,23)(H,19,20). The van der Waals surface area contributed by atoms with Gasteiger partial charge in [0.15, 0.2) is 0 Å². The number of amides is 1. The average Bonchev–Trinajstić information content (AvgIpc) is 3.07. The van der Waals surface area contributed by atoms with Gasteiger partial charge in [0.1, 0.15) is 5.69 Å². The van der Waals surface area contributed by atoms with E-state index in [4.69, 9.17) is 5.73 Å². The third-order valence-electron chi connectivity index (χ3n) is 4.69. The summed E-state index contributed by atoms with van der Waals surface area (Å²) < 4.78 is 1.82. The molecule has 1 aliphatic rings. The fourth-order valence-electron chi connectivity index (χ4n) is 3.24. The molecule has 0 aromatic carbocycles. The Morgan fingerprint density at radius 2 is 2.04 bits per heavy atom. The number of H-pyrrole nitrogens is 1. The third-order valence-corrected chi connectivity index (χ3v) is 4.69. The van der Waals surface area contributed by atoms with Crippen molar-refractivity contribution in [1.82, 2.24) is 25.3 Å². The largest absolute Gasteiger partial charge is 0.348 e. The fraction of sp³-hybridized carbons (Fsp3) is 0.562. The number of carbonyl (C=O) groups excluding carboxylic acids is 1. The van der Waals surface area contributed by atoms with Crippen LogP contribution in [0.5, 0.6) is 0 Å². The van der Waals surface area contributed by atoms with E-state index in [0.29, 0.717) is 5.69 Å². The molecule has 0 spiro atoms. The van der Waals surface area contributed by atoms with Gasteiger partial charge in [-0.3, -0.25) is 14.6 Å². The zero-order valence-corrected chi connectivity index (χ0v) is 13.9. The van der Waals surface area contributed by atoms with Crippen molar-refractivity contribution in [2.24, 2.45) is 12.8 Å². The normalized spacial score (nSPS) is 21.4. The molecule has 124 valence electrons. The Bertz CT molecular complexity index is 708. The molecule has 4 N–H and O–H groups in total. The number of nitrogens with one attached hydrogen (secondary N) is 2. The molecule has 3 rings (SSSR count). The smallest absolute Gasteiger partial charge is 0.269 e. The second-order valence-corrected chi connectivity index (χ2v) is 6.42. The van der Waals surface area contributed by atoms with Gasteiger partial charge in [0.2, 0.25) is 0 Å². The van der Waals surface area contributed by atoms with E-state index in [1.165, 1.54) is 0 Å². The van der Waals surface area contributed by atoms with Gasteiger partial charge >= 0.3 is 0 Å². The molecule has 0 aliphatic heterocycles. The highest BCUT2D eigenvalue weighted by Gasteiger charge is 2.22. The van der Waals surface area contributed by atoms with Gasteiger partial charge < -0.3 is 11.1 Å². The van der Waals surface area contributed by atoms with Crippen molar-refractivity contribution in [3.63, 3.8) is 0 Å². The lowest BCUT2D eigenvalue weighted by molar-refractivity contribution is 0.0921. The van der Waals surface area contributed by atoms with Crippen molar-refractivity contribution in [2.45, 2.75) is 51.6 Å². The van der Waals surface area contributed by atoms with Crippen LogP contribution in [0.4, 0.5) is 0 Å². The molecule has 7 nitrogen and oxygen atoms in total. The van der Waals surface area contributed by atoms with Gasteiger partial charge in [0, 0.05) is 30.4 Å². The predicted octanol–water partition coefficient (Wildman–Crippen LogP) is 1.43. The predicted molar refractivity (Wildman–Crippen MR) is 88.0 cm³/mol. The van der Waals surface area contributed by atoms with Gasteiger partial charge in [-0.1, -0.05) is 0 Å². The molecule has 1 amide bonds. The van der Waals surface area contributed by atoms with E-state index in [-0.39, 0.29) is 18.0 Å². The molecule has 0 atom stereocenters. The van der Waals surface area contributed by atoms with Crippen molar-refractivity contribution < 1.29 is 4.79 Å². The van der Waals surface area contributed by atoms with Gasteiger partial charge in [0.25, 0.3) is 5.91 Å². The topological polar surface area (TPSA) is 102 Å². The Hall–Kier alpha value is -2.15. The molecule has 2 aromatic heterocycles. The van der Waals surface area contributed by atoms with Crippen LogP contribution in [0.2, 0.25) is 0 Å². The van der Waals surface area contributed by atoms with Crippen LogP contribution in [0.25, 0.3) is 11.3 Å². The number of nitrogens with zero attached hydrogens (tertiary/aromatic N) is 3. The summed E-state index contributed by atoms with van der Waals surface area (Å²) in [5.41, 5.74) is 10.1. The molecule has 1 fully saturated rings. The summed E-state index contributed by atoms with van der Waals surface area (Å²) in [7, 11) is 1.90. The van der Waals surface area contributed by atoms with Crippen molar-refractivity contribution in [3.05, 3.63) is 23.1 Å². The molecule has 0 radical (unpaired) electrons. The second-order valence-electron chi connectivity index (χ2n) is 6.42. The summed E-state index contributed by atoms with van der Waals surface area (Å²) in [6.07, 6.45) is 3.81. The molecule has 7 heteroatoms. The molecule has 1 aliphatic carbocycles. The van der Waals surface area contributed by atoms with Crippen LogP contribution < -0.4 is 11.1 Å². The number of hydrogen-bond acceptors (Lipinski definition) is 4. The van der Waals surface area contributed by atoms with E-state index in [1.54, 1.807) is 6.07 Å². The lowest BCUT2D eigenvalue weighted by Crippen LogP contribution is -2.40. The summed E-state index contributed by atoms with van der Waals surface area (Å²) in [5, 5.41) is 14.6. The molecule has 0 bridgehead atoms. The number of aromatic amines is 1. The van der Waals surface area contributed by atoms with E-state index in [2.05, 4.69) is 20.6 Å². The van der Waals surface area contributed by atoms with Gasteiger partial charge in [0.05, 0.1) is 11.4 Å². The summed E-state index contributed by atoms with van der Waals surface area (Å²) in [6.45, 7) is 3.94. The van der Waals surface area contributed by atoms with Crippen LogP contribution >= 0.6 is 0 Å². The first-order valence-electron chi connectivity index (χ1n) is 8.08. The summed E-state index contributed by atoms with van der Waals surface area (Å²) in [6, 6.07) is 2.27. The first kappa shape index (κ1) is 15.7. The minimum Gasteiger partial charge on any atom is -0.348 e. The molecule has 1 saturated carbocycles. The maximum Gasteiger partial charge on any atom is 0.269 e. The molecule has 0 saturated heterocycles. The molecule has 2 heterocycles. The van der Waals surface area contributed by atoms with Crippen LogP contribution in [0.3, 0.4) is 0 Å². The van der Waals surface area contributed by atoms with Crippen LogP contribution in [-0.4, -0.2) is 38.0 Å². The van der Waals surface area contributed by atoms with Gasteiger partial charge in [-0.2, -0.15) is 10.2 Å². The molecule has 0 unspecified atom stereocenters. The van der Waals surface area contributed by atoms with E-state index in [1.807, 2.05) is 25.6 Å². The van der Waals surface area contributed by atoms with Crippen LogP contribution in [0, 0.1) is 13.8 Å². The number of nitrogens with two attached hydrogens (primary N) is 1. The quantitative estimate of drug-likeness (QED) is 0.797. The minimum atomic E-state index is -0.108. The van der Waals surface area contributed by atoms with Crippen molar-refractivity contribution in [1.29, 1.82) is 0 Å². The third kappa shape index (κ3) is 3.14. The van der Waals surface area contributed by atoms with Crippen molar-refractivity contribution in [2.75, 3.05) is 0 Å². The zero-order valence-electron chi connectivity index (χ0n) is 13.9. The van der Waals surface area contributed by atoms with Crippen LogP contribution in [0.1, 0.15) is 47.6 Å². The Morgan fingerprint density at radius 1 is 1.35 bits per heavy atom. The lowest BCUT2D eigenvalue weighted by atomic mass is 9.92. The molecular weight excluding hydrogens is 292 g/mol. The maximum absolute atomic E-state index is 12.4. The van der Waals surface area contributed by atoms with Gasteiger partial charge in [-0.25, -0.2) is 0 Å². The average molecular weight is 316 g/mol. The highest BCUT2D eigenvalue weighted by atomic mass is 16.2. The number of aromatic nitrogens is 4. The van der Waals surface area contributed by atoms with Crippen LogP contribution in [-0.2, 0) is 7.05 Å². The van der Waals surface area contributed by atoms with E-state index in [9.17, 15) is 4.79 Å².